The van der Waals surface area contributed by atoms with Gasteiger partial charge in [-0.05, 0) is 18.2 Å². The summed E-state index contributed by atoms with van der Waals surface area (Å²) in [5.41, 5.74) is 8.78. The molecule has 6 nitrogen and oxygen atoms in total. The smallest absolute Gasteiger partial charge is 0.196 e. The summed E-state index contributed by atoms with van der Waals surface area (Å²) in [6, 6.07) is 11.3. The summed E-state index contributed by atoms with van der Waals surface area (Å²) in [6.45, 7) is 0. The first-order valence-corrected chi connectivity index (χ1v) is 8.03. The van der Waals surface area contributed by atoms with Gasteiger partial charge in [-0.3, -0.25) is 9.20 Å². The normalized spacial score (nSPS) is 11.3. The Balaban J connectivity index is 1.58. The largest absolute Gasteiger partial charge is 0.398 e. The van der Waals surface area contributed by atoms with Gasteiger partial charge in [0, 0.05) is 34.5 Å². The highest BCUT2D eigenvalue weighted by molar-refractivity contribution is 7.99. The van der Waals surface area contributed by atoms with Gasteiger partial charge >= 0.3 is 0 Å². The highest BCUT2D eigenvalue weighted by Gasteiger charge is 2.14. The number of nitrogens with one attached hydrogen (secondary N) is 1. The van der Waals surface area contributed by atoms with Gasteiger partial charge in [0.05, 0.1) is 5.75 Å². The second kappa shape index (κ2) is 5.44. The molecule has 0 aliphatic rings. The highest BCUT2D eigenvalue weighted by atomic mass is 32.2. The Bertz CT molecular complexity index is 1020. The van der Waals surface area contributed by atoms with E-state index in [1.54, 1.807) is 28.9 Å². The van der Waals surface area contributed by atoms with Gasteiger partial charge in [-0.25, -0.2) is 0 Å². The Labute approximate surface area is 135 Å². The van der Waals surface area contributed by atoms with Crippen LogP contribution >= 0.6 is 11.8 Å². The first kappa shape index (κ1) is 13.8. The molecule has 7 heteroatoms. The Kier molecular flexibility index (Phi) is 3.27. The number of nitrogens with two attached hydrogens (primary N) is 1. The van der Waals surface area contributed by atoms with Crippen LogP contribution in [0.3, 0.4) is 0 Å². The summed E-state index contributed by atoms with van der Waals surface area (Å²) in [6.07, 6.45) is 3.52. The number of pyridine rings is 1. The molecule has 0 saturated carbocycles. The summed E-state index contributed by atoms with van der Waals surface area (Å²) >= 11 is 1.35. The number of benzene rings is 1. The van der Waals surface area contributed by atoms with Gasteiger partial charge in [0.25, 0.3) is 0 Å². The number of para-hydroxylation sites is 1. The zero-order valence-electron chi connectivity index (χ0n) is 12.1. The third kappa shape index (κ3) is 2.44. The van der Waals surface area contributed by atoms with Crippen LogP contribution in [-0.2, 0) is 0 Å². The van der Waals surface area contributed by atoms with Crippen LogP contribution in [0, 0.1) is 0 Å². The number of carbonyl (C=O) groups excluding carboxylic acids is 1. The van der Waals surface area contributed by atoms with Gasteiger partial charge in [-0.2, -0.15) is 0 Å². The zero-order chi connectivity index (χ0) is 15.8. The lowest BCUT2D eigenvalue weighted by Gasteiger charge is -2.01. The van der Waals surface area contributed by atoms with E-state index in [1.165, 1.54) is 11.8 Å². The summed E-state index contributed by atoms with van der Waals surface area (Å²) in [7, 11) is 0. The van der Waals surface area contributed by atoms with Crippen molar-refractivity contribution in [2.24, 2.45) is 0 Å². The van der Waals surface area contributed by atoms with Gasteiger partial charge in [0.15, 0.2) is 16.6 Å². The lowest BCUT2D eigenvalue weighted by molar-refractivity contribution is 0.102. The van der Waals surface area contributed by atoms with Gasteiger partial charge in [-0.1, -0.05) is 30.0 Å². The SMILES string of the molecule is Nc1ccc2nnc(SCC(=O)c3c[nH]c4ccccc34)n2c1. The predicted octanol–water partition coefficient (Wildman–Crippen LogP) is 2.77. The molecule has 0 fully saturated rings. The number of nitrogens with zero attached hydrogens (tertiary/aromatic N) is 3. The lowest BCUT2D eigenvalue weighted by Crippen LogP contribution is -2.02. The summed E-state index contributed by atoms with van der Waals surface area (Å²) in [4.78, 5) is 15.6. The van der Waals surface area contributed by atoms with Crippen LogP contribution in [-0.4, -0.2) is 31.1 Å². The van der Waals surface area contributed by atoms with Crippen LogP contribution in [0.4, 0.5) is 5.69 Å². The first-order chi connectivity index (χ1) is 11.2. The second-order valence-electron chi connectivity index (χ2n) is 5.13. The summed E-state index contributed by atoms with van der Waals surface area (Å²) < 4.78 is 1.79. The van der Waals surface area contributed by atoms with Crippen LogP contribution in [0.25, 0.3) is 16.6 Å². The number of thioether (sulfide) groups is 1. The number of carbonyl (C=O) groups is 1. The third-order valence-corrected chi connectivity index (χ3v) is 4.56. The maximum Gasteiger partial charge on any atom is 0.196 e. The average Bonchev–Trinajstić information content (AvgIpc) is 3.16. The fourth-order valence-electron chi connectivity index (χ4n) is 2.49. The van der Waals surface area contributed by atoms with Gasteiger partial charge in [-0.15, -0.1) is 10.2 Å². The van der Waals surface area contributed by atoms with Crippen molar-refractivity contribution in [3.8, 4) is 0 Å². The Hall–Kier alpha value is -2.80. The van der Waals surface area contributed by atoms with E-state index in [0.717, 1.165) is 10.9 Å². The molecule has 0 unspecified atom stereocenters. The van der Waals surface area contributed by atoms with Crippen molar-refractivity contribution < 1.29 is 4.79 Å². The van der Waals surface area contributed by atoms with E-state index in [-0.39, 0.29) is 11.5 Å². The molecule has 0 radical (unpaired) electrons. The molecular weight excluding hydrogens is 310 g/mol. The Morgan fingerprint density at radius 3 is 3.00 bits per heavy atom. The highest BCUT2D eigenvalue weighted by Crippen LogP contribution is 2.23. The van der Waals surface area contributed by atoms with Crippen molar-refractivity contribution in [1.82, 2.24) is 19.6 Å². The molecule has 0 aliphatic carbocycles. The van der Waals surface area contributed by atoms with Gasteiger partial charge in [0.2, 0.25) is 0 Å². The van der Waals surface area contributed by atoms with Crippen molar-refractivity contribution in [2.45, 2.75) is 5.16 Å². The minimum Gasteiger partial charge on any atom is -0.398 e. The van der Waals surface area contributed by atoms with E-state index in [9.17, 15) is 4.79 Å². The van der Waals surface area contributed by atoms with Crippen LogP contribution in [0.15, 0.2) is 53.9 Å². The molecule has 1 aromatic carbocycles. The number of rotatable bonds is 4. The predicted molar refractivity (Wildman–Crippen MR) is 90.8 cm³/mol. The number of aromatic nitrogens is 4. The second-order valence-corrected chi connectivity index (χ2v) is 6.08. The van der Waals surface area contributed by atoms with E-state index in [4.69, 9.17) is 5.73 Å². The molecule has 3 heterocycles. The number of fused-ring (bicyclic) bond motifs is 2. The van der Waals surface area contributed by atoms with E-state index < -0.39 is 0 Å². The van der Waals surface area contributed by atoms with Crippen LogP contribution < -0.4 is 5.73 Å². The van der Waals surface area contributed by atoms with Crippen molar-refractivity contribution in [3.05, 3.63) is 54.4 Å². The molecular formula is C16H13N5OS. The van der Waals surface area contributed by atoms with Crippen molar-refractivity contribution in [3.63, 3.8) is 0 Å². The molecule has 114 valence electrons. The molecule has 23 heavy (non-hydrogen) atoms. The third-order valence-electron chi connectivity index (χ3n) is 3.62. The number of hydrogen-bond acceptors (Lipinski definition) is 5. The molecule has 4 aromatic rings. The molecule has 0 atom stereocenters. The minimum absolute atomic E-state index is 0.0492. The number of Topliss-reactive ketones (excluding diaryl/α,β-unsaturated/α-hetero) is 1. The number of H-pyrrole nitrogens is 1. The van der Waals surface area contributed by atoms with Gasteiger partial charge < -0.3 is 10.7 Å². The Morgan fingerprint density at radius 2 is 2.09 bits per heavy atom. The Morgan fingerprint density at radius 1 is 1.22 bits per heavy atom. The van der Waals surface area contributed by atoms with Gasteiger partial charge in [0.1, 0.15) is 0 Å². The number of hydrogen-bond donors (Lipinski definition) is 2. The summed E-state index contributed by atoms with van der Waals surface area (Å²) in [5, 5.41) is 9.77. The quantitative estimate of drug-likeness (QED) is 0.445. The molecule has 3 N–H and O–H groups in total. The fraction of sp³-hybridized carbons (Fsp3) is 0.0625. The zero-order valence-corrected chi connectivity index (χ0v) is 12.9. The lowest BCUT2D eigenvalue weighted by atomic mass is 10.1. The van der Waals surface area contributed by atoms with E-state index >= 15 is 0 Å². The minimum atomic E-state index is 0.0492. The average molecular weight is 323 g/mol. The first-order valence-electron chi connectivity index (χ1n) is 7.05. The number of ketones is 1. The van der Waals surface area contributed by atoms with Crippen molar-refractivity contribution in [2.75, 3.05) is 11.5 Å². The topological polar surface area (TPSA) is 89.1 Å². The molecule has 0 aliphatic heterocycles. The standard InChI is InChI=1S/C16H13N5OS/c17-10-5-6-15-19-20-16(21(15)8-10)23-9-14(22)12-7-18-13-4-2-1-3-11(12)13/h1-8,18H,9,17H2. The number of anilines is 1. The molecule has 0 bridgehead atoms. The van der Waals surface area contributed by atoms with Crippen molar-refractivity contribution >= 4 is 39.8 Å². The maximum atomic E-state index is 12.5. The molecule has 0 spiro atoms. The van der Waals surface area contributed by atoms with E-state index in [2.05, 4.69) is 15.2 Å². The number of aromatic amines is 1. The molecule has 0 amide bonds. The van der Waals surface area contributed by atoms with Crippen LogP contribution in [0.5, 0.6) is 0 Å². The number of nitrogen functional groups attached to an aromatic ring is 1. The molecule has 3 aromatic heterocycles. The summed E-state index contributed by atoms with van der Waals surface area (Å²) in [5.74, 6) is 0.338. The monoisotopic (exact) mass is 323 g/mol. The van der Waals surface area contributed by atoms with Crippen molar-refractivity contribution in [1.29, 1.82) is 0 Å². The molecule has 0 saturated heterocycles. The van der Waals surface area contributed by atoms with E-state index in [1.807, 2.05) is 24.3 Å². The van der Waals surface area contributed by atoms with Crippen LogP contribution in [0.1, 0.15) is 10.4 Å². The maximum absolute atomic E-state index is 12.5. The fourth-order valence-corrected chi connectivity index (χ4v) is 3.29. The molecule has 4 rings (SSSR count). The van der Waals surface area contributed by atoms with E-state index in [0.29, 0.717) is 22.1 Å². The van der Waals surface area contributed by atoms with Crippen LogP contribution in [0.2, 0.25) is 0 Å².